The highest BCUT2D eigenvalue weighted by molar-refractivity contribution is 7.26. The highest BCUT2D eigenvalue weighted by Gasteiger charge is 2.45. The number of para-hydroxylation sites is 2. The Balaban J connectivity index is 1.08. The number of ether oxygens (including phenoxy) is 2. The topological polar surface area (TPSA) is 99.7 Å². The number of unbranched alkanes of at least 4 members (excludes halogenated alkanes) is 22. The van der Waals surface area contributed by atoms with Gasteiger partial charge < -0.3 is 29.1 Å². The molecule has 0 bridgehead atoms. The number of amides is 4. The quantitative estimate of drug-likeness (QED) is 0.0279. The Morgan fingerprint density at radius 1 is 0.296 bits per heavy atom. The number of carbonyl (C=O) groups is 4. The summed E-state index contributed by atoms with van der Waals surface area (Å²) in [6, 6.07) is 33.9. The fourth-order valence-electron chi connectivity index (χ4n) is 17.0. The monoisotopic (exact) mass is 1500 g/mol. The van der Waals surface area contributed by atoms with Gasteiger partial charge in [-0.2, -0.15) is 0 Å². The van der Waals surface area contributed by atoms with Gasteiger partial charge in [0.05, 0.1) is 68.0 Å². The number of hydrogen-bond donors (Lipinski definition) is 0. The minimum atomic E-state index is -0.0892. The van der Waals surface area contributed by atoms with Gasteiger partial charge in [-0.15, -0.1) is 22.7 Å². The predicted octanol–water partition coefficient (Wildman–Crippen LogP) is 27.5. The minimum Gasteiger partial charge on any atom is -0.492 e. The summed E-state index contributed by atoms with van der Waals surface area (Å²) in [5.74, 6) is 2.62. The van der Waals surface area contributed by atoms with Gasteiger partial charge in [-0.05, 0) is 110 Å². The molecule has 4 atom stereocenters. The molecule has 0 radical (unpaired) electrons. The maximum absolute atomic E-state index is 15.7. The van der Waals surface area contributed by atoms with Crippen LogP contribution < -0.4 is 29.1 Å². The minimum absolute atomic E-state index is 0.0741. The lowest BCUT2D eigenvalue weighted by Gasteiger charge is -2.24. The SMILES string of the molecule is CCCCCCCCCCCCOc1cc(-c2ccc3c(c2)N(CC(CC)CCCC)C(=O)/C3=C2/C(=O)N(CC(CC)CCCC)c3ccccc32)sc1-c1sc(-c2ccc3c(c2)N(CC(CC)CCCC)C(=O)/C3=C2/C(=O)N(CC(CC)CCCC)c3ccccc32)cc1OCCCCCCCCCCCC. The van der Waals surface area contributed by atoms with Gasteiger partial charge in [0.1, 0.15) is 11.5 Å². The van der Waals surface area contributed by atoms with E-state index in [1.165, 1.54) is 103 Å². The Kier molecular flexibility index (Phi) is 33.5. The zero-order valence-corrected chi connectivity index (χ0v) is 69.9. The first-order valence-electron chi connectivity index (χ1n) is 43.7. The summed E-state index contributed by atoms with van der Waals surface area (Å²) in [6.45, 7) is 26.1. The highest BCUT2D eigenvalue weighted by atomic mass is 32.1. The first-order valence-corrected chi connectivity index (χ1v) is 45.3. The molecule has 6 heterocycles. The molecule has 4 unspecified atom stereocenters. The molecule has 2 aromatic heterocycles. The molecule has 0 fully saturated rings. The molecule has 10 nitrogen and oxygen atoms in total. The molecule has 4 aliphatic rings. The molecular formula is C96H134N4O6S2. The zero-order valence-electron chi connectivity index (χ0n) is 68.3. The van der Waals surface area contributed by atoms with Crippen LogP contribution in [-0.4, -0.2) is 63.0 Å². The van der Waals surface area contributed by atoms with E-state index in [-0.39, 0.29) is 23.6 Å². The molecule has 4 aliphatic heterocycles. The normalized spacial score (nSPS) is 16.5. The van der Waals surface area contributed by atoms with Crippen molar-refractivity contribution in [2.24, 2.45) is 23.7 Å². The molecule has 4 aromatic carbocycles. The maximum atomic E-state index is 15.7. The Bertz CT molecular complexity index is 3700. The van der Waals surface area contributed by atoms with Crippen molar-refractivity contribution >= 4 is 91.3 Å². The van der Waals surface area contributed by atoms with E-state index < -0.39 is 0 Å². The molecular weight excluding hydrogens is 1370 g/mol. The average Bonchev–Trinajstić information content (AvgIpc) is 1.58. The Labute approximate surface area is 660 Å². The van der Waals surface area contributed by atoms with Gasteiger partial charge in [-0.1, -0.05) is 323 Å². The summed E-state index contributed by atoms with van der Waals surface area (Å²) < 4.78 is 14.3. The van der Waals surface area contributed by atoms with Crippen LogP contribution in [-0.2, 0) is 19.2 Å². The summed E-state index contributed by atoms with van der Waals surface area (Å²) in [6.07, 6.45) is 41.6. The van der Waals surface area contributed by atoms with Crippen LogP contribution in [0.1, 0.15) is 323 Å². The second-order valence-electron chi connectivity index (χ2n) is 32.0. The first-order chi connectivity index (χ1) is 52.9. The number of benzene rings is 4. The van der Waals surface area contributed by atoms with E-state index in [9.17, 15) is 0 Å². The fraction of sp³-hybridized carbons (Fsp3) is 0.583. The Morgan fingerprint density at radius 3 is 0.861 bits per heavy atom. The molecule has 0 N–H and O–H groups in total. The number of fused-ring (bicyclic) bond motifs is 4. The average molecular weight is 1500 g/mol. The van der Waals surface area contributed by atoms with E-state index >= 15 is 19.2 Å². The molecule has 108 heavy (non-hydrogen) atoms. The van der Waals surface area contributed by atoms with Crippen molar-refractivity contribution in [1.29, 1.82) is 0 Å². The lowest BCUT2D eigenvalue weighted by atomic mass is 9.95. The van der Waals surface area contributed by atoms with Gasteiger partial charge in [0.2, 0.25) is 0 Å². The van der Waals surface area contributed by atoms with Crippen molar-refractivity contribution in [1.82, 2.24) is 0 Å². The van der Waals surface area contributed by atoms with Gasteiger partial charge in [-0.3, -0.25) is 19.2 Å². The first kappa shape index (κ1) is 83.7. The number of carbonyl (C=O) groups excluding carboxylic acids is 4. The van der Waals surface area contributed by atoms with Gasteiger partial charge in [-0.25, -0.2) is 0 Å². The summed E-state index contributed by atoms with van der Waals surface area (Å²) in [4.78, 5) is 74.2. The molecule has 10 rings (SSSR count). The molecule has 4 amide bonds. The fourth-order valence-corrected chi connectivity index (χ4v) is 19.4. The smallest absolute Gasteiger partial charge is 0.259 e. The highest BCUT2D eigenvalue weighted by Crippen LogP contribution is 2.55. The number of nitrogens with zero attached hydrogens (tertiary/aromatic N) is 4. The van der Waals surface area contributed by atoms with Crippen molar-refractivity contribution in [3.8, 4) is 42.1 Å². The van der Waals surface area contributed by atoms with Gasteiger partial charge >= 0.3 is 0 Å². The van der Waals surface area contributed by atoms with Crippen LogP contribution in [0.5, 0.6) is 11.5 Å². The van der Waals surface area contributed by atoms with Crippen LogP contribution in [0.15, 0.2) is 97.1 Å². The van der Waals surface area contributed by atoms with E-state index in [1.807, 2.05) is 56.0 Å². The lowest BCUT2D eigenvalue weighted by molar-refractivity contribution is -0.114. The van der Waals surface area contributed by atoms with Crippen LogP contribution in [0, 0.1) is 23.7 Å². The van der Waals surface area contributed by atoms with Crippen LogP contribution in [0.3, 0.4) is 0 Å². The zero-order chi connectivity index (χ0) is 76.3. The Morgan fingerprint density at radius 2 is 0.565 bits per heavy atom. The van der Waals surface area contributed by atoms with Crippen molar-refractivity contribution in [3.05, 3.63) is 119 Å². The number of rotatable bonds is 51. The summed E-state index contributed by atoms with van der Waals surface area (Å²) in [7, 11) is 0. The second-order valence-corrected chi connectivity index (χ2v) is 34.1. The van der Waals surface area contributed by atoms with E-state index in [2.05, 4.69) is 130 Å². The number of thiophene rings is 2. The van der Waals surface area contributed by atoms with E-state index in [0.717, 1.165) is 216 Å². The Hall–Kier alpha value is -6.76. The number of anilines is 4. The van der Waals surface area contributed by atoms with E-state index in [1.54, 1.807) is 22.7 Å². The largest absolute Gasteiger partial charge is 0.492 e. The third-order valence-electron chi connectivity index (χ3n) is 24.0. The van der Waals surface area contributed by atoms with Crippen molar-refractivity contribution in [2.75, 3.05) is 59.0 Å². The summed E-state index contributed by atoms with van der Waals surface area (Å²) in [5, 5.41) is 0. The molecule has 0 saturated heterocycles. The van der Waals surface area contributed by atoms with Gasteiger partial charge in [0, 0.05) is 58.2 Å². The number of hydrogen-bond acceptors (Lipinski definition) is 8. The van der Waals surface area contributed by atoms with Crippen LogP contribution in [0.2, 0.25) is 0 Å². The summed E-state index contributed by atoms with van der Waals surface area (Å²) in [5.41, 5.74) is 10.9. The van der Waals surface area contributed by atoms with Crippen LogP contribution in [0.25, 0.3) is 52.9 Å². The molecule has 6 aromatic rings. The van der Waals surface area contributed by atoms with Crippen LogP contribution in [0.4, 0.5) is 22.7 Å². The van der Waals surface area contributed by atoms with Gasteiger partial charge in [0.25, 0.3) is 23.6 Å². The standard InChI is InChI=1S/C96H134N4O6S2/c1-11-21-27-29-31-33-35-37-39-45-59-105-83-63-85(73-55-57-77-81(61-73)99(67-71(19-9)49-25-15-5)95(103)89(77)87-75-51-41-43-53-79(75)97(93(87)101)65-69(17-7)47-23-13-3)107-91(83)92-84(106-60-46-40-38-36-34-32-30-28-22-12-2)64-86(108-92)74-56-58-78-82(62-74)100(68-72(20-10)50-26-16-6)96(104)90(78)88-76-52-42-44-54-80(76)98(94(88)102)66-70(18-8)48-24-14-4/h41-44,51-58,61-64,69-72H,11-40,45-50,59-60,65-68H2,1-10H3/b89-87+,90-88+. The molecule has 0 saturated carbocycles. The predicted molar refractivity (Wildman–Crippen MR) is 462 cm³/mol. The van der Waals surface area contributed by atoms with Gasteiger partial charge in [0.15, 0.2) is 0 Å². The third-order valence-corrected chi connectivity index (χ3v) is 26.5. The summed E-state index contributed by atoms with van der Waals surface area (Å²) >= 11 is 3.45. The van der Waals surface area contributed by atoms with Crippen molar-refractivity contribution in [2.45, 2.75) is 300 Å². The lowest BCUT2D eigenvalue weighted by Crippen LogP contribution is -2.34. The van der Waals surface area contributed by atoms with E-state index in [4.69, 9.17) is 9.47 Å². The van der Waals surface area contributed by atoms with Crippen molar-refractivity contribution in [3.63, 3.8) is 0 Å². The van der Waals surface area contributed by atoms with E-state index in [0.29, 0.717) is 85.4 Å². The molecule has 0 aliphatic carbocycles. The molecule has 0 spiro atoms. The maximum Gasteiger partial charge on any atom is 0.259 e. The second kappa shape index (κ2) is 43.2. The van der Waals surface area contributed by atoms with Crippen molar-refractivity contribution < 1.29 is 28.7 Å². The molecule has 586 valence electrons. The van der Waals surface area contributed by atoms with Crippen LogP contribution >= 0.6 is 22.7 Å². The molecule has 12 heteroatoms. The third kappa shape index (κ3) is 20.7.